The van der Waals surface area contributed by atoms with Gasteiger partial charge in [0.05, 0.1) is 11.2 Å². The van der Waals surface area contributed by atoms with Crippen LogP contribution in [0.1, 0.15) is 65.3 Å². The minimum absolute atomic E-state index is 0.0672. The number of aryl methyl sites for hydroxylation is 1. The van der Waals surface area contributed by atoms with Crippen molar-refractivity contribution in [3.63, 3.8) is 0 Å². The van der Waals surface area contributed by atoms with Gasteiger partial charge in [0.1, 0.15) is 11.2 Å². The van der Waals surface area contributed by atoms with Crippen molar-refractivity contribution in [2.45, 2.75) is 71.4 Å². The van der Waals surface area contributed by atoms with E-state index >= 15 is 0 Å². The number of fused-ring (bicyclic) bond motifs is 1. The van der Waals surface area contributed by atoms with Crippen LogP contribution in [0.2, 0.25) is 0 Å². The molecule has 0 spiro atoms. The number of rotatable bonds is 8. The fourth-order valence-electron chi connectivity index (χ4n) is 6.51. The van der Waals surface area contributed by atoms with E-state index < -0.39 is 6.09 Å². The first kappa shape index (κ1) is 25.8. The summed E-state index contributed by atoms with van der Waals surface area (Å²) in [6.45, 7) is 7.94. The summed E-state index contributed by atoms with van der Waals surface area (Å²) in [5, 5.41) is 22.4. The predicted octanol–water partition coefficient (Wildman–Crippen LogP) is 4.06. The number of hydrogen-bond acceptors (Lipinski definition) is 6. The van der Waals surface area contributed by atoms with Crippen molar-refractivity contribution in [3.05, 3.63) is 22.6 Å². The molecule has 2 aliphatic carbocycles. The van der Waals surface area contributed by atoms with Crippen molar-refractivity contribution in [2.24, 2.45) is 24.3 Å². The molecule has 3 fully saturated rings. The summed E-state index contributed by atoms with van der Waals surface area (Å²) in [7, 11) is 1.92. The molecule has 3 aromatic heterocycles. The number of nitrogens with one attached hydrogen (secondary N) is 1. The first-order chi connectivity index (χ1) is 18.5. The summed E-state index contributed by atoms with van der Waals surface area (Å²) >= 11 is 0. The molecule has 210 valence electrons. The Bertz CT molecular complexity index is 1440. The zero-order valence-corrected chi connectivity index (χ0v) is 23.4. The molecule has 11 heteroatoms. The van der Waals surface area contributed by atoms with Crippen molar-refractivity contribution >= 4 is 28.6 Å². The van der Waals surface area contributed by atoms with E-state index in [2.05, 4.69) is 41.9 Å². The lowest BCUT2D eigenvalue weighted by atomic mass is 9.96. The fourth-order valence-corrected chi connectivity index (χ4v) is 6.51. The van der Waals surface area contributed by atoms with Crippen molar-refractivity contribution in [1.82, 2.24) is 29.4 Å². The van der Waals surface area contributed by atoms with Crippen LogP contribution >= 0.6 is 0 Å². The third kappa shape index (κ3) is 4.87. The summed E-state index contributed by atoms with van der Waals surface area (Å²) in [4.78, 5) is 29.5. The van der Waals surface area contributed by atoms with Gasteiger partial charge in [-0.05, 0) is 55.8 Å². The molecule has 1 aliphatic heterocycles. The third-order valence-corrected chi connectivity index (χ3v) is 8.48. The van der Waals surface area contributed by atoms with Crippen LogP contribution in [0.15, 0.2) is 17.1 Å². The number of anilines is 2. The van der Waals surface area contributed by atoms with Gasteiger partial charge in [-0.15, -0.1) is 0 Å². The van der Waals surface area contributed by atoms with E-state index in [-0.39, 0.29) is 28.9 Å². The molecule has 3 aromatic rings. The number of carbonyl (C=O) groups is 1. The van der Waals surface area contributed by atoms with E-state index in [0.717, 1.165) is 62.1 Å². The minimum Gasteiger partial charge on any atom is -0.465 e. The molecule has 0 radical (unpaired) electrons. The SMILES string of the molecule is Cn1nc(-c2cn(C(C3CC3)C3CC3)c(=O)c3c(N)n[nH]c23)cc1N1CCC[C@@H]1CN(CC(C)(C)C)C(=O)O. The average Bonchev–Trinajstić information content (AvgIpc) is 3.76. The van der Waals surface area contributed by atoms with Crippen LogP contribution in [0.3, 0.4) is 0 Å². The number of nitrogen functional groups attached to an aromatic ring is 1. The van der Waals surface area contributed by atoms with E-state index in [0.29, 0.717) is 35.8 Å². The molecule has 1 saturated heterocycles. The Kier molecular flexibility index (Phi) is 6.15. The molecular formula is C28H40N8O3. The number of nitrogens with zero attached hydrogens (tertiary/aromatic N) is 6. The molecule has 0 aromatic carbocycles. The molecule has 11 nitrogen and oxygen atoms in total. The molecule has 3 aliphatic rings. The van der Waals surface area contributed by atoms with E-state index in [4.69, 9.17) is 10.8 Å². The van der Waals surface area contributed by atoms with Gasteiger partial charge < -0.3 is 25.2 Å². The van der Waals surface area contributed by atoms with Crippen LogP contribution in [-0.2, 0) is 7.05 Å². The van der Waals surface area contributed by atoms with Gasteiger partial charge in [-0.2, -0.15) is 10.2 Å². The van der Waals surface area contributed by atoms with Gasteiger partial charge in [-0.3, -0.25) is 14.6 Å². The van der Waals surface area contributed by atoms with Gasteiger partial charge in [-0.1, -0.05) is 20.8 Å². The lowest BCUT2D eigenvalue weighted by molar-refractivity contribution is 0.123. The molecule has 4 heterocycles. The number of aromatic amines is 1. The van der Waals surface area contributed by atoms with Gasteiger partial charge in [0.2, 0.25) is 0 Å². The monoisotopic (exact) mass is 536 g/mol. The second kappa shape index (κ2) is 9.31. The molecule has 1 atom stereocenters. The molecule has 0 unspecified atom stereocenters. The van der Waals surface area contributed by atoms with Crippen LogP contribution in [0.5, 0.6) is 0 Å². The number of H-pyrrole nitrogens is 1. The second-order valence-electron chi connectivity index (χ2n) is 13.0. The zero-order chi connectivity index (χ0) is 27.6. The average molecular weight is 537 g/mol. The van der Waals surface area contributed by atoms with E-state index in [1.54, 1.807) is 4.90 Å². The number of nitrogens with two attached hydrogens (primary N) is 1. The van der Waals surface area contributed by atoms with Crippen LogP contribution in [-0.4, -0.2) is 66.3 Å². The molecular weight excluding hydrogens is 496 g/mol. The number of hydrogen-bond donors (Lipinski definition) is 3. The summed E-state index contributed by atoms with van der Waals surface area (Å²) < 4.78 is 3.78. The van der Waals surface area contributed by atoms with Crippen LogP contribution < -0.4 is 16.2 Å². The lowest BCUT2D eigenvalue weighted by Gasteiger charge is -2.33. The Hall–Kier alpha value is -3.50. The Labute approximate surface area is 227 Å². The van der Waals surface area contributed by atoms with E-state index in [1.807, 2.05) is 22.5 Å². The smallest absolute Gasteiger partial charge is 0.407 e. The highest BCUT2D eigenvalue weighted by molar-refractivity contribution is 5.97. The van der Waals surface area contributed by atoms with E-state index in [9.17, 15) is 14.7 Å². The maximum absolute atomic E-state index is 13.6. The largest absolute Gasteiger partial charge is 0.465 e. The molecule has 39 heavy (non-hydrogen) atoms. The molecule has 2 saturated carbocycles. The van der Waals surface area contributed by atoms with Gasteiger partial charge in [-0.25, -0.2) is 4.79 Å². The standard InChI is InChI=1S/C28H40N8O3/c1-28(2,3)15-34(27(38)39)13-18-6-5-11-35(18)21-12-20(32-33(21)4)19-14-36(24(16-7-8-16)17-9-10-17)26(37)22-23(19)30-31-25(22)29/h12,14,16-18,24H,5-11,13,15H2,1-4H3,(H,38,39)(H3,29,30,31)/t18-/m1/s1. The molecule has 4 N–H and O–H groups in total. The van der Waals surface area contributed by atoms with Gasteiger partial charge in [0, 0.05) is 56.6 Å². The predicted molar refractivity (Wildman–Crippen MR) is 151 cm³/mol. The number of carboxylic acid groups (broad SMARTS) is 1. The quantitative estimate of drug-likeness (QED) is 0.395. The maximum Gasteiger partial charge on any atom is 0.407 e. The fraction of sp³-hybridized carbons (Fsp3) is 0.643. The summed E-state index contributed by atoms with van der Waals surface area (Å²) in [5.41, 5.74) is 8.18. The topological polar surface area (TPSA) is 138 Å². The number of aromatic nitrogens is 5. The molecule has 0 bridgehead atoms. The van der Waals surface area contributed by atoms with Gasteiger partial charge in [0.25, 0.3) is 5.56 Å². The molecule has 1 amide bonds. The normalized spacial score (nSPS) is 19.9. The summed E-state index contributed by atoms with van der Waals surface area (Å²) in [5.74, 6) is 2.25. The van der Waals surface area contributed by atoms with Crippen molar-refractivity contribution in [2.75, 3.05) is 30.3 Å². The first-order valence-corrected chi connectivity index (χ1v) is 14.2. The second-order valence-corrected chi connectivity index (χ2v) is 13.0. The summed E-state index contributed by atoms with van der Waals surface area (Å²) in [6, 6.07) is 2.32. The van der Waals surface area contributed by atoms with E-state index in [1.165, 1.54) is 0 Å². The first-order valence-electron chi connectivity index (χ1n) is 14.2. The maximum atomic E-state index is 13.6. The van der Waals surface area contributed by atoms with Crippen molar-refractivity contribution < 1.29 is 9.90 Å². The molecule has 6 rings (SSSR count). The Morgan fingerprint density at radius 3 is 2.54 bits per heavy atom. The minimum atomic E-state index is -0.884. The van der Waals surface area contributed by atoms with Crippen molar-refractivity contribution in [1.29, 1.82) is 0 Å². The lowest BCUT2D eigenvalue weighted by Crippen LogP contribution is -2.46. The van der Waals surface area contributed by atoms with Crippen LogP contribution in [0.25, 0.3) is 22.2 Å². The highest BCUT2D eigenvalue weighted by Gasteiger charge is 2.43. The Morgan fingerprint density at radius 2 is 1.92 bits per heavy atom. The number of amides is 1. The highest BCUT2D eigenvalue weighted by Crippen LogP contribution is 2.52. The number of pyridine rings is 1. The Morgan fingerprint density at radius 1 is 1.23 bits per heavy atom. The third-order valence-electron chi connectivity index (χ3n) is 8.48. The van der Waals surface area contributed by atoms with Gasteiger partial charge in [0.15, 0.2) is 5.82 Å². The Balaban J connectivity index is 1.37. The van der Waals surface area contributed by atoms with Crippen LogP contribution in [0, 0.1) is 17.3 Å². The summed E-state index contributed by atoms with van der Waals surface area (Å²) in [6.07, 6.45) is 7.64. The van der Waals surface area contributed by atoms with Crippen molar-refractivity contribution in [3.8, 4) is 11.3 Å². The van der Waals surface area contributed by atoms with Gasteiger partial charge >= 0.3 is 6.09 Å². The zero-order valence-electron chi connectivity index (χ0n) is 23.4. The van der Waals surface area contributed by atoms with Crippen LogP contribution in [0.4, 0.5) is 16.4 Å². The highest BCUT2D eigenvalue weighted by atomic mass is 16.4.